The summed E-state index contributed by atoms with van der Waals surface area (Å²) in [5.74, 6) is 0. The molecule has 0 bridgehead atoms. The number of allylic oxidation sites excluding steroid dienone is 2. The minimum atomic E-state index is -2.78. The Bertz CT molecular complexity index is 334. The summed E-state index contributed by atoms with van der Waals surface area (Å²) >= 11 is 0. The largest absolute Gasteiger partial charge is 0.594 e. The van der Waals surface area contributed by atoms with Crippen LogP contribution in [0.25, 0.3) is 0 Å². The lowest BCUT2D eigenvalue weighted by Gasteiger charge is -2.22. The van der Waals surface area contributed by atoms with Gasteiger partial charge >= 0.3 is 8.80 Å². The minimum Gasteiger partial charge on any atom is -0.513 e. The van der Waals surface area contributed by atoms with E-state index < -0.39 is 8.80 Å². The summed E-state index contributed by atoms with van der Waals surface area (Å²) in [5.41, 5.74) is 4.32. The Kier molecular flexibility index (Phi) is 27.2. The van der Waals surface area contributed by atoms with Crippen LogP contribution in [0, 0.1) is 11.7 Å². The third kappa shape index (κ3) is 21.3. The Morgan fingerprint density at radius 1 is 0.960 bits per heavy atom. The van der Waals surface area contributed by atoms with Crippen molar-refractivity contribution in [1.82, 2.24) is 0 Å². The first-order valence-corrected chi connectivity index (χ1v) is 11.4. The van der Waals surface area contributed by atoms with E-state index in [1.807, 2.05) is 20.8 Å². The van der Waals surface area contributed by atoms with E-state index in [2.05, 4.69) is 43.4 Å². The Labute approximate surface area is 158 Å². The summed E-state index contributed by atoms with van der Waals surface area (Å²) in [6, 6.07) is 0. The van der Waals surface area contributed by atoms with Gasteiger partial charge in [0.05, 0.1) is 12.7 Å². The van der Waals surface area contributed by atoms with Crippen molar-refractivity contribution in [3.8, 4) is 11.7 Å². The smallest absolute Gasteiger partial charge is 0.513 e. The van der Waals surface area contributed by atoms with Crippen LogP contribution in [0.3, 0.4) is 0 Å². The van der Waals surface area contributed by atoms with Crippen molar-refractivity contribution in [3.05, 3.63) is 11.6 Å². The molecule has 0 heterocycles. The fraction of sp³-hybridized carbons (Fsp3) is 0.765. The van der Waals surface area contributed by atoms with Crippen LogP contribution >= 0.6 is 0 Å². The van der Waals surface area contributed by atoms with Crippen LogP contribution in [0.5, 0.6) is 0 Å². The molecule has 0 saturated carbocycles. The van der Waals surface area contributed by atoms with Crippen molar-refractivity contribution in [1.29, 1.82) is 0 Å². The van der Waals surface area contributed by atoms with E-state index in [-0.39, 0.29) is 0 Å². The highest BCUT2D eigenvalue weighted by atomic mass is 28.4. The molecular weight excluding hydrogens is 356 g/mol. The quantitative estimate of drug-likeness (QED) is 0.213. The van der Waals surface area contributed by atoms with E-state index in [1.165, 1.54) is 18.4 Å². The molecule has 0 unspecified atom stereocenters. The van der Waals surface area contributed by atoms with E-state index in [0.29, 0.717) is 36.9 Å². The maximum atomic E-state index is 7.38. The van der Waals surface area contributed by atoms with E-state index in [0.717, 1.165) is 0 Å². The van der Waals surface area contributed by atoms with Gasteiger partial charge in [-0.1, -0.05) is 25.5 Å². The van der Waals surface area contributed by atoms with Crippen molar-refractivity contribution >= 4 is 19.3 Å². The van der Waals surface area contributed by atoms with Crippen molar-refractivity contribution in [2.45, 2.75) is 61.3 Å². The maximum Gasteiger partial charge on any atom is 0.594 e. The summed E-state index contributed by atoms with van der Waals surface area (Å²) in [6.45, 7) is 15.9. The maximum absolute atomic E-state index is 7.38. The van der Waals surface area contributed by atoms with Crippen molar-refractivity contribution < 1.29 is 27.8 Å². The monoisotopic (exact) mass is 394 g/mol. The first-order chi connectivity index (χ1) is 12.0. The fourth-order valence-corrected chi connectivity index (χ4v) is 3.55. The number of rotatable bonds is 9. The van der Waals surface area contributed by atoms with Crippen LogP contribution in [0.15, 0.2) is 11.6 Å². The van der Waals surface area contributed by atoms with Crippen LogP contribution in [-0.2, 0) is 22.6 Å². The highest BCUT2D eigenvalue weighted by Gasteiger charge is 2.39. The highest BCUT2D eigenvalue weighted by molar-refractivity contribution is 6.69. The van der Waals surface area contributed by atoms with Crippen molar-refractivity contribution in [3.63, 3.8) is 0 Å². The van der Waals surface area contributed by atoms with E-state index in [9.17, 15) is 0 Å². The molecule has 0 aromatic heterocycles. The molecule has 0 aromatic rings. The minimum absolute atomic E-state index is 0.375. The molecule has 8 heteroatoms. The first-order valence-electron chi connectivity index (χ1n) is 8.86. The van der Waals surface area contributed by atoms with Gasteiger partial charge < -0.3 is 17.7 Å². The summed E-state index contributed by atoms with van der Waals surface area (Å²) in [6.07, 6.45) is 7.19. The molecule has 0 saturated heterocycles. The second-order valence-electron chi connectivity index (χ2n) is 4.52. The zero-order chi connectivity index (χ0) is 20.0. The van der Waals surface area contributed by atoms with Gasteiger partial charge in [-0.15, -0.1) is 0 Å². The zero-order valence-corrected chi connectivity index (χ0v) is 20.3. The normalized spacial score (nSPS) is 10.6. The molecule has 0 amide bonds. The molecule has 0 atom stereocenters. The predicted molar refractivity (Wildman–Crippen MR) is 108 cm³/mol. The molecule has 0 rings (SSSR count). The molecule has 0 aliphatic carbocycles. The van der Waals surface area contributed by atoms with Crippen molar-refractivity contribution in [2.24, 2.45) is 0 Å². The third-order valence-electron chi connectivity index (χ3n) is 2.55. The molecule has 0 aliphatic heterocycles. The topological polar surface area (TPSA) is 66.4 Å². The van der Waals surface area contributed by atoms with Crippen LogP contribution < -0.4 is 0 Å². The summed E-state index contributed by atoms with van der Waals surface area (Å²) < 4.78 is 21.2. The molecule has 25 heavy (non-hydrogen) atoms. The van der Waals surface area contributed by atoms with Gasteiger partial charge in [-0.25, -0.2) is 4.89 Å². The average molecular weight is 395 g/mol. The molecule has 0 aromatic carbocycles. The first kappa shape index (κ1) is 29.1. The standard InChI is InChI=1S/C8H18O4Si2.C7H14.C2H6O2/c1-4-10-14(11-5-2,12-6-3)8-7-9-13;1-4-6-7(3)5-2;1-2-4-3/h4-6H2,1-3,13H3;6H,4-5H2,1-3H3;3H,2H2,1H3/b;7-6-;. The molecule has 1 N–H and O–H groups in total. The summed E-state index contributed by atoms with van der Waals surface area (Å²) in [4.78, 5) is 3.54. The van der Waals surface area contributed by atoms with E-state index >= 15 is 0 Å². The zero-order valence-electron chi connectivity index (χ0n) is 17.3. The van der Waals surface area contributed by atoms with Crippen molar-refractivity contribution in [2.75, 3.05) is 26.4 Å². The predicted octanol–water partition coefficient (Wildman–Crippen LogP) is 3.08. The third-order valence-corrected chi connectivity index (χ3v) is 5.17. The highest BCUT2D eigenvalue weighted by Crippen LogP contribution is 2.08. The molecule has 150 valence electrons. The molecule has 0 aliphatic rings. The van der Waals surface area contributed by atoms with Gasteiger partial charge in [0.1, 0.15) is 0 Å². The van der Waals surface area contributed by atoms with Gasteiger partial charge in [-0.2, -0.15) is 0 Å². The summed E-state index contributed by atoms with van der Waals surface area (Å²) in [7, 11) is -2.20. The Balaban J connectivity index is -0.000000365. The number of hydrogen-bond acceptors (Lipinski definition) is 6. The lowest BCUT2D eigenvalue weighted by molar-refractivity contribution is -0.237. The molecule has 0 radical (unpaired) electrons. The number of hydrogen-bond donors (Lipinski definition) is 1. The van der Waals surface area contributed by atoms with Crippen LogP contribution in [-0.4, -0.2) is 51.0 Å². The van der Waals surface area contributed by atoms with Gasteiger partial charge in [0.25, 0.3) is 0 Å². The van der Waals surface area contributed by atoms with Crippen LogP contribution in [0.4, 0.5) is 0 Å². The Hall–Kier alpha value is -0.666. The van der Waals surface area contributed by atoms with Gasteiger partial charge in [-0.05, 0) is 47.5 Å². The fourth-order valence-electron chi connectivity index (χ4n) is 1.41. The molecule has 6 nitrogen and oxygen atoms in total. The second-order valence-corrected chi connectivity index (χ2v) is 7.15. The molecular formula is C17H38O6Si2. The van der Waals surface area contributed by atoms with Gasteiger partial charge in [-0.3, -0.25) is 5.26 Å². The van der Waals surface area contributed by atoms with Gasteiger partial charge in [0.15, 0.2) is 0 Å². The van der Waals surface area contributed by atoms with Crippen LogP contribution in [0.2, 0.25) is 0 Å². The Morgan fingerprint density at radius 3 is 1.60 bits per heavy atom. The van der Waals surface area contributed by atoms with Crippen LogP contribution in [0.1, 0.15) is 61.3 Å². The molecule has 0 spiro atoms. The van der Waals surface area contributed by atoms with E-state index in [1.54, 1.807) is 6.92 Å². The SMILES string of the molecule is CC/C=C(/C)CC.CCOO.CCO[Si](C#CO[SiH3])(OCC)OCC. The lowest BCUT2D eigenvalue weighted by Crippen LogP contribution is -2.45. The Morgan fingerprint density at radius 2 is 1.40 bits per heavy atom. The van der Waals surface area contributed by atoms with E-state index in [4.69, 9.17) is 23.0 Å². The molecule has 0 fully saturated rings. The summed E-state index contributed by atoms with van der Waals surface area (Å²) in [5, 5.41) is 7.38. The lowest BCUT2D eigenvalue weighted by atomic mass is 10.2. The average Bonchev–Trinajstić information content (AvgIpc) is 2.61. The van der Waals surface area contributed by atoms with Gasteiger partial charge in [0, 0.05) is 25.4 Å². The van der Waals surface area contributed by atoms with Gasteiger partial charge in [0.2, 0.25) is 10.5 Å². The second kappa shape index (κ2) is 23.3.